The van der Waals surface area contributed by atoms with Crippen molar-refractivity contribution >= 4 is 10.9 Å². The van der Waals surface area contributed by atoms with Gasteiger partial charge in [-0.05, 0) is 30.4 Å². The minimum absolute atomic E-state index is 0.239. The SMILES string of the molecule is OCCc1cc2ccccc2n1C1CCCC1. The number of benzene rings is 1. The van der Waals surface area contributed by atoms with Gasteiger partial charge in [-0.2, -0.15) is 0 Å². The van der Waals surface area contributed by atoms with Crippen LogP contribution in [0, 0.1) is 0 Å². The molecule has 2 nitrogen and oxygen atoms in total. The van der Waals surface area contributed by atoms with Crippen LogP contribution in [0.25, 0.3) is 10.9 Å². The molecule has 0 spiro atoms. The highest BCUT2D eigenvalue weighted by atomic mass is 16.3. The Morgan fingerprint density at radius 1 is 1.18 bits per heavy atom. The molecule has 0 atom stereocenters. The van der Waals surface area contributed by atoms with Crippen LogP contribution in [0.1, 0.15) is 37.4 Å². The van der Waals surface area contributed by atoms with Crippen LogP contribution in [0.4, 0.5) is 0 Å². The van der Waals surface area contributed by atoms with Gasteiger partial charge < -0.3 is 9.67 Å². The summed E-state index contributed by atoms with van der Waals surface area (Å²) in [5, 5.41) is 10.5. The van der Waals surface area contributed by atoms with Crippen molar-refractivity contribution in [3.05, 3.63) is 36.0 Å². The van der Waals surface area contributed by atoms with Gasteiger partial charge in [0.2, 0.25) is 0 Å². The Morgan fingerprint density at radius 2 is 1.94 bits per heavy atom. The topological polar surface area (TPSA) is 25.2 Å². The second-order valence-electron chi connectivity index (χ2n) is 4.98. The molecule has 0 radical (unpaired) electrons. The Balaban J connectivity index is 2.13. The highest BCUT2D eigenvalue weighted by Gasteiger charge is 2.20. The zero-order valence-electron chi connectivity index (χ0n) is 10.1. The van der Waals surface area contributed by atoms with Crippen LogP contribution in [0.5, 0.6) is 0 Å². The van der Waals surface area contributed by atoms with Crippen LogP contribution in [-0.2, 0) is 6.42 Å². The molecule has 0 aliphatic heterocycles. The van der Waals surface area contributed by atoms with Crippen molar-refractivity contribution in [3.8, 4) is 0 Å². The third kappa shape index (κ3) is 1.87. The van der Waals surface area contributed by atoms with E-state index in [-0.39, 0.29) is 6.61 Å². The molecule has 1 heterocycles. The number of hydrogen-bond donors (Lipinski definition) is 1. The standard InChI is InChI=1S/C15H19NO/c17-10-9-14-11-12-5-1-4-8-15(12)16(14)13-6-2-3-7-13/h1,4-5,8,11,13,17H,2-3,6-7,9-10H2. The van der Waals surface area contributed by atoms with Crippen LogP contribution in [0.2, 0.25) is 0 Å². The van der Waals surface area contributed by atoms with E-state index in [1.165, 1.54) is 42.3 Å². The van der Waals surface area contributed by atoms with Crippen LogP contribution in [0.3, 0.4) is 0 Å². The molecule has 0 bridgehead atoms. The average Bonchev–Trinajstić information content (AvgIpc) is 2.94. The van der Waals surface area contributed by atoms with Gasteiger partial charge in [-0.1, -0.05) is 31.0 Å². The van der Waals surface area contributed by atoms with E-state index in [0.29, 0.717) is 6.04 Å². The first-order valence-corrected chi connectivity index (χ1v) is 6.60. The van der Waals surface area contributed by atoms with Gasteiger partial charge >= 0.3 is 0 Å². The Labute approximate surface area is 102 Å². The minimum atomic E-state index is 0.239. The number of aliphatic hydroxyl groups excluding tert-OH is 1. The predicted molar refractivity (Wildman–Crippen MR) is 70.2 cm³/mol. The van der Waals surface area contributed by atoms with E-state index in [1.54, 1.807) is 0 Å². The lowest BCUT2D eigenvalue weighted by atomic mass is 10.2. The van der Waals surface area contributed by atoms with Crippen LogP contribution >= 0.6 is 0 Å². The summed E-state index contributed by atoms with van der Waals surface area (Å²) >= 11 is 0. The Hall–Kier alpha value is -1.28. The summed E-state index contributed by atoms with van der Waals surface area (Å²) in [6.45, 7) is 0.239. The summed E-state index contributed by atoms with van der Waals surface area (Å²) < 4.78 is 2.47. The van der Waals surface area contributed by atoms with E-state index in [0.717, 1.165) is 6.42 Å². The zero-order chi connectivity index (χ0) is 11.7. The Kier molecular flexibility index (Phi) is 2.89. The monoisotopic (exact) mass is 229 g/mol. The summed E-state index contributed by atoms with van der Waals surface area (Å²) in [6.07, 6.45) is 6.03. The maximum Gasteiger partial charge on any atom is 0.0485 e. The lowest BCUT2D eigenvalue weighted by Gasteiger charge is -2.17. The second-order valence-corrected chi connectivity index (χ2v) is 4.98. The third-order valence-corrected chi connectivity index (χ3v) is 3.89. The molecule has 2 heteroatoms. The zero-order valence-corrected chi connectivity index (χ0v) is 10.1. The average molecular weight is 229 g/mol. The van der Waals surface area contributed by atoms with Crippen molar-refractivity contribution in [2.24, 2.45) is 0 Å². The number of nitrogens with zero attached hydrogens (tertiary/aromatic N) is 1. The first-order chi connectivity index (χ1) is 8.40. The molecule has 2 aromatic rings. The molecular formula is C15H19NO. The van der Waals surface area contributed by atoms with Gasteiger partial charge in [0.25, 0.3) is 0 Å². The smallest absolute Gasteiger partial charge is 0.0485 e. The molecule has 1 aromatic heterocycles. The molecule has 1 saturated carbocycles. The molecule has 17 heavy (non-hydrogen) atoms. The molecule has 0 saturated heterocycles. The van der Waals surface area contributed by atoms with E-state index < -0.39 is 0 Å². The summed E-state index contributed by atoms with van der Waals surface area (Å²) in [7, 11) is 0. The van der Waals surface area contributed by atoms with Crippen molar-refractivity contribution in [3.63, 3.8) is 0 Å². The largest absolute Gasteiger partial charge is 0.396 e. The predicted octanol–water partition coefficient (Wildman–Crippen LogP) is 3.29. The molecule has 1 fully saturated rings. The maximum absolute atomic E-state index is 9.20. The molecule has 3 rings (SSSR count). The van der Waals surface area contributed by atoms with Gasteiger partial charge in [0.1, 0.15) is 0 Å². The van der Waals surface area contributed by atoms with Gasteiger partial charge in [-0.3, -0.25) is 0 Å². The molecule has 1 aromatic carbocycles. The van der Waals surface area contributed by atoms with Gasteiger partial charge in [0, 0.05) is 30.3 Å². The quantitative estimate of drug-likeness (QED) is 0.858. The number of aliphatic hydroxyl groups is 1. The molecule has 0 amide bonds. The van der Waals surface area contributed by atoms with Gasteiger partial charge in [0.05, 0.1) is 0 Å². The van der Waals surface area contributed by atoms with Crippen molar-refractivity contribution in [1.82, 2.24) is 4.57 Å². The fourth-order valence-corrected chi connectivity index (χ4v) is 3.13. The lowest BCUT2D eigenvalue weighted by molar-refractivity contribution is 0.295. The van der Waals surface area contributed by atoms with E-state index in [4.69, 9.17) is 0 Å². The van der Waals surface area contributed by atoms with Crippen LogP contribution in [-0.4, -0.2) is 16.3 Å². The molecular weight excluding hydrogens is 210 g/mol. The third-order valence-electron chi connectivity index (χ3n) is 3.89. The minimum Gasteiger partial charge on any atom is -0.396 e. The fourth-order valence-electron chi connectivity index (χ4n) is 3.13. The highest BCUT2D eigenvalue weighted by Crippen LogP contribution is 2.34. The lowest BCUT2D eigenvalue weighted by Crippen LogP contribution is -2.09. The van der Waals surface area contributed by atoms with Crippen molar-refractivity contribution in [2.75, 3.05) is 6.61 Å². The summed E-state index contributed by atoms with van der Waals surface area (Å²) in [5.74, 6) is 0. The van der Waals surface area contributed by atoms with Crippen LogP contribution < -0.4 is 0 Å². The maximum atomic E-state index is 9.20. The van der Waals surface area contributed by atoms with Crippen molar-refractivity contribution < 1.29 is 5.11 Å². The van der Waals surface area contributed by atoms with Gasteiger partial charge in [0.15, 0.2) is 0 Å². The summed E-state index contributed by atoms with van der Waals surface area (Å²) in [6, 6.07) is 11.5. The molecule has 1 aliphatic rings. The highest BCUT2D eigenvalue weighted by molar-refractivity contribution is 5.81. The molecule has 90 valence electrons. The Morgan fingerprint density at radius 3 is 2.71 bits per heavy atom. The van der Waals surface area contributed by atoms with E-state index in [9.17, 15) is 5.11 Å². The second kappa shape index (κ2) is 4.53. The van der Waals surface area contributed by atoms with Crippen LogP contribution in [0.15, 0.2) is 30.3 Å². The molecule has 1 N–H and O–H groups in total. The van der Waals surface area contributed by atoms with E-state index in [2.05, 4.69) is 34.9 Å². The van der Waals surface area contributed by atoms with Crippen molar-refractivity contribution in [1.29, 1.82) is 0 Å². The number of para-hydroxylation sites is 1. The number of hydrogen-bond acceptors (Lipinski definition) is 1. The fraction of sp³-hybridized carbons (Fsp3) is 0.467. The number of fused-ring (bicyclic) bond motifs is 1. The van der Waals surface area contributed by atoms with E-state index in [1.807, 2.05) is 0 Å². The van der Waals surface area contributed by atoms with Gasteiger partial charge in [-0.25, -0.2) is 0 Å². The Bertz CT molecular complexity index is 509. The molecule has 0 unspecified atom stereocenters. The first kappa shape index (κ1) is 10.8. The first-order valence-electron chi connectivity index (χ1n) is 6.60. The number of rotatable bonds is 3. The van der Waals surface area contributed by atoms with Crippen molar-refractivity contribution in [2.45, 2.75) is 38.1 Å². The normalized spacial score (nSPS) is 17.0. The van der Waals surface area contributed by atoms with E-state index >= 15 is 0 Å². The molecule has 1 aliphatic carbocycles. The summed E-state index contributed by atoms with van der Waals surface area (Å²) in [5.41, 5.74) is 2.63. The number of aromatic nitrogens is 1. The van der Waals surface area contributed by atoms with Gasteiger partial charge in [-0.15, -0.1) is 0 Å². The summed E-state index contributed by atoms with van der Waals surface area (Å²) in [4.78, 5) is 0.